The number of ketones is 2. The second kappa shape index (κ2) is 37.1. The largest absolute Gasteiger partial charge is 0.461 e. The molecule has 3 fully saturated rings. The molecule has 0 spiro atoms. The van der Waals surface area contributed by atoms with Gasteiger partial charge in [0.2, 0.25) is 5.91 Å². The Labute approximate surface area is 511 Å². The average Bonchev–Trinajstić information content (AvgIpc) is 1.26. The highest BCUT2D eigenvalue weighted by molar-refractivity contribution is 5.96. The van der Waals surface area contributed by atoms with Crippen molar-refractivity contribution < 1.29 is 89.2 Å². The van der Waals surface area contributed by atoms with Crippen LogP contribution in [0.1, 0.15) is 121 Å². The monoisotopic (exact) mass is 1220 g/mol. The maximum absolute atomic E-state index is 14.0. The summed E-state index contributed by atoms with van der Waals surface area (Å²) in [5, 5.41) is 117. The zero-order chi connectivity index (χ0) is 63.6. The summed E-state index contributed by atoms with van der Waals surface area (Å²) in [6, 6.07) is 5.79. The molecule has 1 aromatic carbocycles. The van der Waals surface area contributed by atoms with Crippen LogP contribution in [0, 0.1) is 17.8 Å². The lowest BCUT2D eigenvalue weighted by molar-refractivity contribution is -0.307. The van der Waals surface area contributed by atoms with Crippen LogP contribution < -0.4 is 16.4 Å². The molecule has 0 saturated carbocycles. The third-order valence-corrected chi connectivity index (χ3v) is 16.3. The normalized spacial score (nSPS) is 37.0. The number of nitrogens with two attached hydrogens (primary N) is 1. The number of rotatable bonds is 14. The molecule has 1 aromatic rings. The second-order valence-electron chi connectivity index (χ2n) is 23.9. The molecular formula is C65H98N4O18. The molecule has 14 N–H and O–H groups in total. The summed E-state index contributed by atoms with van der Waals surface area (Å²) in [7, 11) is 1.77. The summed E-state index contributed by atoms with van der Waals surface area (Å²) < 4.78 is 24.4. The summed E-state index contributed by atoms with van der Waals surface area (Å²) in [5.74, 6) is -6.39. The van der Waals surface area contributed by atoms with Crippen LogP contribution in [0.3, 0.4) is 0 Å². The molecule has 0 radical (unpaired) electrons. The molecule has 4 aliphatic heterocycles. The number of aliphatic hydroxyl groups excluding tert-OH is 9. The molecule has 4 heterocycles. The minimum Gasteiger partial charge on any atom is -0.461 e. The van der Waals surface area contributed by atoms with Crippen molar-refractivity contribution in [3.8, 4) is 0 Å². The molecule has 3 saturated heterocycles. The van der Waals surface area contributed by atoms with Gasteiger partial charge in [-0.1, -0.05) is 98.9 Å². The van der Waals surface area contributed by atoms with Crippen LogP contribution in [0.2, 0.25) is 0 Å². The number of allylic oxidation sites excluding steroid dienone is 12. The van der Waals surface area contributed by atoms with Crippen LogP contribution in [0.4, 0.5) is 5.69 Å². The number of fused-ring (bicyclic) bond motifs is 2. The smallest absolute Gasteiger partial charge is 0.308 e. The maximum Gasteiger partial charge on any atom is 0.308 e. The lowest BCUT2D eigenvalue weighted by Crippen LogP contribution is -2.62. The lowest BCUT2D eigenvalue weighted by atomic mass is 9.82. The quantitative estimate of drug-likeness (QED) is 0.0941. The Kier molecular flexibility index (Phi) is 31.0. The molecule has 19 atom stereocenters. The van der Waals surface area contributed by atoms with Gasteiger partial charge in [-0.25, -0.2) is 0 Å². The number of cyclic esters (lactones) is 1. The average molecular weight is 1220 g/mol. The van der Waals surface area contributed by atoms with E-state index >= 15 is 0 Å². The Morgan fingerprint density at radius 3 is 1.93 bits per heavy atom. The Morgan fingerprint density at radius 1 is 0.736 bits per heavy atom. The summed E-state index contributed by atoms with van der Waals surface area (Å²) in [6.07, 6.45) is 5.64. The fourth-order valence-corrected chi connectivity index (χ4v) is 11.5. The number of amides is 1. The van der Waals surface area contributed by atoms with Gasteiger partial charge in [0, 0.05) is 75.8 Å². The fourth-order valence-electron chi connectivity index (χ4n) is 11.5. The van der Waals surface area contributed by atoms with Crippen molar-refractivity contribution in [2.24, 2.45) is 23.5 Å². The molecule has 14 unspecified atom stereocenters. The van der Waals surface area contributed by atoms with Gasteiger partial charge in [-0.15, -0.1) is 0 Å². The van der Waals surface area contributed by atoms with Crippen molar-refractivity contribution in [1.82, 2.24) is 10.2 Å². The zero-order valence-electron chi connectivity index (χ0n) is 50.8. The Balaban J connectivity index is 1.35. The zero-order valence-corrected chi connectivity index (χ0v) is 50.8. The van der Waals surface area contributed by atoms with Crippen molar-refractivity contribution >= 4 is 29.1 Å². The summed E-state index contributed by atoms with van der Waals surface area (Å²) >= 11 is 0. The number of esters is 1. The molecule has 22 heteroatoms. The predicted molar refractivity (Wildman–Crippen MR) is 326 cm³/mol. The molecule has 87 heavy (non-hydrogen) atoms. The van der Waals surface area contributed by atoms with E-state index in [4.69, 9.17) is 24.7 Å². The van der Waals surface area contributed by atoms with Crippen LogP contribution in [-0.2, 0) is 33.3 Å². The van der Waals surface area contributed by atoms with Crippen LogP contribution in [-0.4, -0.2) is 210 Å². The van der Waals surface area contributed by atoms with Gasteiger partial charge in [-0.2, -0.15) is 0 Å². The number of ether oxygens (including phenoxy) is 4. The molecule has 4 aliphatic rings. The molecule has 22 nitrogen and oxygen atoms in total. The minimum absolute atomic E-state index is 0.101. The van der Waals surface area contributed by atoms with E-state index in [0.717, 1.165) is 31.6 Å². The highest BCUT2D eigenvalue weighted by Gasteiger charge is 2.51. The van der Waals surface area contributed by atoms with Crippen LogP contribution >= 0.6 is 0 Å². The second-order valence-corrected chi connectivity index (χ2v) is 23.9. The number of likely N-dealkylation sites (tertiary alicyclic amines) is 1. The number of carbonyl (C=O) groups is 4. The highest BCUT2D eigenvalue weighted by atomic mass is 16.7. The third kappa shape index (κ3) is 25.4. The van der Waals surface area contributed by atoms with E-state index in [9.17, 15) is 70.2 Å². The van der Waals surface area contributed by atoms with E-state index in [1.807, 2.05) is 26.0 Å². The number of hydrogen-bond donors (Lipinski definition) is 13. The number of carbonyl (C=O) groups excluding carboxylic acids is 4. The van der Waals surface area contributed by atoms with E-state index in [1.165, 1.54) is 0 Å². The van der Waals surface area contributed by atoms with Crippen molar-refractivity contribution in [2.75, 3.05) is 38.5 Å². The van der Waals surface area contributed by atoms with Gasteiger partial charge >= 0.3 is 5.97 Å². The number of aliphatic hydroxyl groups is 10. The summed E-state index contributed by atoms with van der Waals surface area (Å²) in [6.45, 7) is 7.91. The first kappa shape index (κ1) is 72.6. The highest BCUT2D eigenvalue weighted by Crippen LogP contribution is 2.38. The number of Topliss-reactive ketones (excluding diaryl/α,β-unsaturated/α-hetero) is 2. The van der Waals surface area contributed by atoms with Crippen molar-refractivity contribution in [2.45, 2.75) is 208 Å². The molecule has 0 aromatic heterocycles. The van der Waals surface area contributed by atoms with Gasteiger partial charge in [-0.05, 0) is 95.1 Å². The van der Waals surface area contributed by atoms with E-state index in [2.05, 4.69) is 15.5 Å². The van der Waals surface area contributed by atoms with Crippen LogP contribution in [0.25, 0.3) is 0 Å². The van der Waals surface area contributed by atoms with Crippen LogP contribution in [0.15, 0.2) is 109 Å². The Hall–Kier alpha value is -5.12. The van der Waals surface area contributed by atoms with E-state index in [1.54, 1.807) is 111 Å². The lowest BCUT2D eigenvalue weighted by Gasteiger charge is -2.46. The van der Waals surface area contributed by atoms with Crippen molar-refractivity contribution in [3.05, 3.63) is 115 Å². The van der Waals surface area contributed by atoms with Crippen molar-refractivity contribution in [1.29, 1.82) is 0 Å². The molecule has 2 bridgehead atoms. The van der Waals surface area contributed by atoms with Gasteiger partial charge < -0.3 is 91.3 Å². The summed E-state index contributed by atoms with van der Waals surface area (Å²) in [4.78, 5) is 55.6. The third-order valence-electron chi connectivity index (χ3n) is 16.3. The fraction of sp³-hybridized carbons (Fsp3) is 0.631. The Morgan fingerprint density at radius 2 is 1.31 bits per heavy atom. The maximum atomic E-state index is 14.0. The standard InChI is InChI=1S/C65H98N4O18/c1-41-19-15-13-11-9-7-5-6-8-10-12-14-16-20-53(85-64-61(81)59(66)60(80)43(3)84-64)38-56-58(63(82)68-27-30-69-28-17-18-29-69)55(78)40-65(83,87-56)39-52(76)35-50(74)33-48(72)31-47(71)32-49(73)34-51(75)37-57(79)86-62(41)42(2)21-26-46(70)36-54(77)44-22-24-45(67-4)25-23-44/h5-16,19-20,22-25,41-43,46-48,50-53,55-56,58-62,64,67,70-72,74-76,78,80-81,83H,17-18,21,26-40,66H2,1-4H3,(H,68,82)/b6-5-,9-7-,10-8+,13-11+,14-12+,19-15+,20-16+/t41?,42?,43-,46?,47?,48?,50?,51?,52?,53?,55?,56?,58?,59+,60-,61+,62?,64+,65?/m1/s1. The minimum atomic E-state index is -2.27. The molecular weight excluding hydrogens is 1120 g/mol. The summed E-state index contributed by atoms with van der Waals surface area (Å²) in [5.41, 5.74) is 7.47. The van der Waals surface area contributed by atoms with Gasteiger partial charge in [0.25, 0.3) is 0 Å². The topological polar surface area (TPSA) is 361 Å². The number of hydrogen-bond acceptors (Lipinski definition) is 21. The number of nitrogens with one attached hydrogen (secondary N) is 2. The number of nitrogens with zero attached hydrogens (tertiary/aromatic N) is 1. The van der Waals surface area contributed by atoms with Gasteiger partial charge in [0.15, 0.2) is 17.9 Å². The SMILES string of the molecule is CNc1ccc(C(=O)CC(O)CCC(C)C2OC(=O)CC(O)CC(=O)CC(O)CC(O)CC(O)CC(O)CC3(O)CC(O)C(C(=O)NCCN4CCCC4)C(CC(O[C@@H]4O[C@H](C)[C@@H](O)[C@H](N)[C@@H]4O)/C=C/C=C/C=C/C=C\C=C/C=C/C=C/C2C)O3)cc1. The van der Waals surface area contributed by atoms with Gasteiger partial charge in [0.05, 0.1) is 85.5 Å². The molecule has 5 rings (SSSR count). The van der Waals surface area contributed by atoms with Crippen molar-refractivity contribution in [3.63, 3.8) is 0 Å². The van der Waals surface area contributed by atoms with Crippen LogP contribution in [0.5, 0.6) is 0 Å². The first-order valence-corrected chi connectivity index (χ1v) is 30.7. The first-order valence-electron chi connectivity index (χ1n) is 30.7. The van der Waals surface area contributed by atoms with E-state index in [0.29, 0.717) is 18.5 Å². The van der Waals surface area contributed by atoms with Gasteiger partial charge in [0.1, 0.15) is 18.0 Å². The molecule has 486 valence electrons. The first-order chi connectivity index (χ1) is 41.4. The molecule has 0 aliphatic carbocycles. The van der Waals surface area contributed by atoms with E-state index < -0.39 is 160 Å². The number of benzene rings is 1. The van der Waals surface area contributed by atoms with Gasteiger partial charge in [-0.3, -0.25) is 19.2 Å². The van der Waals surface area contributed by atoms with E-state index in [-0.39, 0.29) is 56.3 Å². The molecule has 1 amide bonds. The number of anilines is 1. The predicted octanol–water partition coefficient (Wildman–Crippen LogP) is 2.87. The Bertz CT molecular complexity index is 2480.